The summed E-state index contributed by atoms with van der Waals surface area (Å²) in [4.78, 5) is 11.2. The summed E-state index contributed by atoms with van der Waals surface area (Å²) in [5.74, 6) is -0.238. The van der Waals surface area contributed by atoms with Crippen LogP contribution in [0.4, 0.5) is 0 Å². The van der Waals surface area contributed by atoms with Crippen molar-refractivity contribution in [3.05, 3.63) is 47.2 Å². The number of ketones is 1. The van der Waals surface area contributed by atoms with E-state index in [0.29, 0.717) is 11.8 Å². The first-order chi connectivity index (χ1) is 6.15. The van der Waals surface area contributed by atoms with Crippen LogP contribution in [0.25, 0.3) is 0 Å². The fourth-order valence-corrected chi connectivity index (χ4v) is 1.05. The van der Waals surface area contributed by atoms with E-state index in [1.807, 2.05) is 19.9 Å². The molecule has 2 nitrogen and oxygen atoms in total. The minimum atomic E-state index is -0.238. The second-order valence-corrected chi connectivity index (χ2v) is 2.97. The fraction of sp³-hybridized carbons (Fsp3) is 0.182. The van der Waals surface area contributed by atoms with E-state index < -0.39 is 0 Å². The third kappa shape index (κ3) is 3.29. The van der Waals surface area contributed by atoms with Gasteiger partial charge in [-0.2, -0.15) is 0 Å². The van der Waals surface area contributed by atoms with Gasteiger partial charge in [-0.1, -0.05) is 12.1 Å². The van der Waals surface area contributed by atoms with Crippen molar-refractivity contribution in [3.8, 4) is 0 Å². The molecular weight excluding hydrogens is 187 g/mol. The van der Waals surface area contributed by atoms with Crippen LogP contribution in [0, 0.1) is 13.8 Å². The van der Waals surface area contributed by atoms with Crippen molar-refractivity contribution in [1.29, 1.82) is 0 Å². The Morgan fingerprint density at radius 3 is 2.43 bits per heavy atom. The standard InChI is InChI=1S/C11H12O2.Na/c1-8-3-4-10(7-9(8)2)11(13)5-6-12;/h3-7,12H,1-2H3;/q;+1/p-1. The number of hydrogen-bond donors (Lipinski definition) is 0. The van der Waals surface area contributed by atoms with Crippen LogP contribution in [0.2, 0.25) is 0 Å². The Morgan fingerprint density at radius 2 is 1.93 bits per heavy atom. The van der Waals surface area contributed by atoms with Crippen LogP contribution < -0.4 is 34.7 Å². The first kappa shape index (κ1) is 13.4. The zero-order valence-corrected chi connectivity index (χ0v) is 10.7. The number of carbonyl (C=O) groups excluding carboxylic acids is 1. The van der Waals surface area contributed by atoms with Gasteiger partial charge in [-0.3, -0.25) is 4.79 Å². The molecule has 0 saturated heterocycles. The predicted octanol–water partition coefficient (Wildman–Crippen LogP) is -1.64. The second-order valence-electron chi connectivity index (χ2n) is 2.97. The van der Waals surface area contributed by atoms with E-state index in [0.717, 1.165) is 17.2 Å². The monoisotopic (exact) mass is 198 g/mol. The molecule has 0 saturated carbocycles. The molecule has 1 aromatic rings. The summed E-state index contributed by atoms with van der Waals surface area (Å²) in [7, 11) is 0. The Hall–Kier alpha value is -0.570. The van der Waals surface area contributed by atoms with E-state index in [4.69, 9.17) is 0 Å². The molecule has 0 atom stereocenters. The summed E-state index contributed by atoms with van der Waals surface area (Å²) < 4.78 is 0. The maximum Gasteiger partial charge on any atom is 1.00 e. The van der Waals surface area contributed by atoms with Crippen LogP contribution in [-0.4, -0.2) is 5.78 Å². The molecule has 0 aliphatic carbocycles. The largest absolute Gasteiger partial charge is 1.00 e. The molecule has 14 heavy (non-hydrogen) atoms. The SMILES string of the molecule is Cc1ccc(C(=O)C=C[O-])cc1C.[Na+]. The summed E-state index contributed by atoms with van der Waals surface area (Å²) in [5, 5.41) is 10.1. The van der Waals surface area contributed by atoms with Gasteiger partial charge in [-0.15, -0.1) is 6.26 Å². The van der Waals surface area contributed by atoms with Crippen LogP contribution in [0.3, 0.4) is 0 Å². The first-order valence-corrected chi connectivity index (χ1v) is 4.05. The molecule has 0 fully saturated rings. The van der Waals surface area contributed by atoms with Crippen molar-refractivity contribution in [2.45, 2.75) is 13.8 Å². The molecule has 68 valence electrons. The predicted molar refractivity (Wildman–Crippen MR) is 49.4 cm³/mol. The number of rotatable bonds is 2. The molecule has 0 aromatic heterocycles. The van der Waals surface area contributed by atoms with Gasteiger partial charge in [0.25, 0.3) is 0 Å². The topological polar surface area (TPSA) is 40.1 Å². The third-order valence-electron chi connectivity index (χ3n) is 2.01. The van der Waals surface area contributed by atoms with Crippen molar-refractivity contribution in [3.63, 3.8) is 0 Å². The molecule has 1 aromatic carbocycles. The van der Waals surface area contributed by atoms with Crippen LogP contribution in [0.15, 0.2) is 30.5 Å². The third-order valence-corrected chi connectivity index (χ3v) is 2.01. The van der Waals surface area contributed by atoms with Gasteiger partial charge in [0.2, 0.25) is 0 Å². The van der Waals surface area contributed by atoms with Gasteiger partial charge in [0.1, 0.15) is 0 Å². The molecule has 0 aliphatic rings. The Balaban J connectivity index is 0.00000169. The Kier molecular flexibility index (Phi) is 5.77. The van der Waals surface area contributed by atoms with Crippen molar-refractivity contribution >= 4 is 5.78 Å². The number of carbonyl (C=O) groups is 1. The maximum absolute atomic E-state index is 11.2. The second kappa shape index (κ2) is 6.02. The van der Waals surface area contributed by atoms with E-state index in [9.17, 15) is 9.90 Å². The smallest absolute Gasteiger partial charge is 0.878 e. The van der Waals surface area contributed by atoms with Crippen molar-refractivity contribution in [2.24, 2.45) is 0 Å². The van der Waals surface area contributed by atoms with Gasteiger partial charge in [-0.25, -0.2) is 0 Å². The average Bonchev–Trinajstić information content (AvgIpc) is 2.10. The van der Waals surface area contributed by atoms with E-state index in [2.05, 4.69) is 0 Å². The van der Waals surface area contributed by atoms with Gasteiger partial charge >= 0.3 is 29.6 Å². The molecule has 3 heteroatoms. The zero-order chi connectivity index (χ0) is 9.84. The average molecular weight is 198 g/mol. The molecule has 0 bridgehead atoms. The minimum absolute atomic E-state index is 0. The van der Waals surface area contributed by atoms with Crippen molar-refractivity contribution in [1.82, 2.24) is 0 Å². The molecule has 0 radical (unpaired) electrons. The minimum Gasteiger partial charge on any atom is -0.878 e. The molecule has 0 spiro atoms. The Bertz CT molecular complexity index is 356. The molecular formula is C11H11NaO2. The molecule has 0 amide bonds. The van der Waals surface area contributed by atoms with Crippen LogP contribution >= 0.6 is 0 Å². The number of aryl methyl sites for hydroxylation is 2. The Morgan fingerprint density at radius 1 is 1.29 bits per heavy atom. The summed E-state index contributed by atoms with van der Waals surface area (Å²) in [6, 6.07) is 5.39. The van der Waals surface area contributed by atoms with E-state index >= 15 is 0 Å². The van der Waals surface area contributed by atoms with Crippen LogP contribution in [-0.2, 0) is 0 Å². The number of benzene rings is 1. The van der Waals surface area contributed by atoms with Gasteiger partial charge in [-0.05, 0) is 37.1 Å². The molecule has 0 N–H and O–H groups in total. The summed E-state index contributed by atoms with van der Waals surface area (Å²) in [6.45, 7) is 3.92. The summed E-state index contributed by atoms with van der Waals surface area (Å²) in [6.07, 6.45) is 1.54. The Labute approximate surface area is 106 Å². The zero-order valence-electron chi connectivity index (χ0n) is 8.70. The normalized spacial score (nSPS) is 9.86. The first-order valence-electron chi connectivity index (χ1n) is 4.05. The molecule has 0 heterocycles. The summed E-state index contributed by atoms with van der Waals surface area (Å²) in [5.41, 5.74) is 2.77. The van der Waals surface area contributed by atoms with Crippen LogP contribution in [0.5, 0.6) is 0 Å². The maximum atomic E-state index is 11.2. The number of hydrogen-bond acceptors (Lipinski definition) is 2. The molecule has 0 unspecified atom stereocenters. The van der Waals surface area contributed by atoms with Crippen LogP contribution in [0.1, 0.15) is 21.5 Å². The van der Waals surface area contributed by atoms with E-state index in [1.165, 1.54) is 0 Å². The van der Waals surface area contributed by atoms with Gasteiger partial charge in [0, 0.05) is 5.56 Å². The summed E-state index contributed by atoms with van der Waals surface area (Å²) >= 11 is 0. The van der Waals surface area contributed by atoms with E-state index in [1.54, 1.807) is 12.1 Å². The quantitative estimate of drug-likeness (QED) is 0.247. The van der Waals surface area contributed by atoms with Gasteiger partial charge in [0.15, 0.2) is 5.78 Å². The number of allylic oxidation sites excluding steroid dienone is 1. The van der Waals surface area contributed by atoms with Crippen molar-refractivity contribution in [2.75, 3.05) is 0 Å². The van der Waals surface area contributed by atoms with Crippen molar-refractivity contribution < 1.29 is 39.5 Å². The molecule has 1 rings (SSSR count). The van der Waals surface area contributed by atoms with Gasteiger partial charge in [0.05, 0.1) is 0 Å². The fourth-order valence-electron chi connectivity index (χ4n) is 1.05. The van der Waals surface area contributed by atoms with E-state index in [-0.39, 0.29) is 35.3 Å². The molecule has 0 aliphatic heterocycles. The van der Waals surface area contributed by atoms with Gasteiger partial charge < -0.3 is 5.11 Å².